The molecule has 3 aromatic rings. The van der Waals surface area contributed by atoms with Crippen LogP contribution >= 0.6 is 0 Å². The molecule has 2 aromatic carbocycles. The molecule has 6 heteroatoms. The minimum absolute atomic E-state index is 0.0444. The van der Waals surface area contributed by atoms with Crippen LogP contribution in [-0.4, -0.2) is 37.0 Å². The van der Waals surface area contributed by atoms with Crippen LogP contribution in [0.25, 0.3) is 11.3 Å². The van der Waals surface area contributed by atoms with Crippen molar-refractivity contribution in [3.05, 3.63) is 63.8 Å². The summed E-state index contributed by atoms with van der Waals surface area (Å²) in [4.78, 5) is 12.7. The number of nitrogens with zero attached hydrogens (tertiary/aromatic N) is 1. The number of phenolic OH excluding ortho intramolecular Hbond substituents is 1. The van der Waals surface area contributed by atoms with Crippen LogP contribution in [-0.2, 0) is 11.2 Å². The molecular formula is C25H27NO5. The molecule has 0 amide bonds. The number of esters is 1. The zero-order chi connectivity index (χ0) is 22.4. The van der Waals surface area contributed by atoms with Crippen LogP contribution < -0.4 is 9.47 Å². The largest absolute Gasteiger partial charge is 0.507 e. The molecular weight excluding hydrogens is 394 g/mol. The zero-order valence-electron chi connectivity index (χ0n) is 18.7. The molecule has 1 atom stereocenters. The molecule has 4 rings (SSSR count). The number of aryl methyl sites for hydroxylation is 3. The molecule has 31 heavy (non-hydrogen) atoms. The summed E-state index contributed by atoms with van der Waals surface area (Å²) in [6, 6.07) is 9.76. The van der Waals surface area contributed by atoms with Gasteiger partial charge in [0.25, 0.3) is 0 Å². The first-order chi connectivity index (χ1) is 14.8. The first-order valence-corrected chi connectivity index (χ1v) is 10.2. The Morgan fingerprint density at radius 2 is 1.58 bits per heavy atom. The third kappa shape index (κ3) is 3.23. The molecule has 0 radical (unpaired) electrons. The first-order valence-electron chi connectivity index (χ1n) is 10.2. The predicted octanol–water partition coefficient (Wildman–Crippen LogP) is 4.74. The van der Waals surface area contributed by atoms with E-state index in [0.29, 0.717) is 29.2 Å². The SMILES string of the molecule is COC(=O)c1cc(C)n2c1-c1cc(OC)c(OC)cc1CC2c1cc(C)c(O)c(C)c1. The number of ether oxygens (including phenoxy) is 3. The van der Waals surface area contributed by atoms with Crippen LogP contribution in [0.5, 0.6) is 17.2 Å². The molecule has 1 N–H and O–H groups in total. The molecule has 0 bridgehead atoms. The second-order valence-corrected chi connectivity index (χ2v) is 8.00. The van der Waals surface area contributed by atoms with Gasteiger partial charge in [-0.3, -0.25) is 0 Å². The summed E-state index contributed by atoms with van der Waals surface area (Å²) in [5.74, 6) is 1.19. The van der Waals surface area contributed by atoms with E-state index in [2.05, 4.69) is 4.57 Å². The van der Waals surface area contributed by atoms with Gasteiger partial charge in [-0.05, 0) is 67.6 Å². The van der Waals surface area contributed by atoms with Crippen molar-refractivity contribution in [1.29, 1.82) is 0 Å². The molecule has 0 saturated heterocycles. The molecule has 162 valence electrons. The summed E-state index contributed by atoms with van der Waals surface area (Å²) in [7, 11) is 4.61. The number of aromatic hydroxyl groups is 1. The smallest absolute Gasteiger partial charge is 0.340 e. The van der Waals surface area contributed by atoms with Crippen LogP contribution in [0.15, 0.2) is 30.3 Å². The lowest BCUT2D eigenvalue weighted by atomic mass is 9.87. The number of carbonyl (C=O) groups is 1. The number of benzene rings is 2. The van der Waals surface area contributed by atoms with E-state index in [1.54, 1.807) is 14.2 Å². The number of rotatable bonds is 4. The van der Waals surface area contributed by atoms with E-state index in [4.69, 9.17) is 14.2 Å². The van der Waals surface area contributed by atoms with Crippen molar-refractivity contribution in [2.24, 2.45) is 0 Å². The minimum atomic E-state index is -0.378. The third-order valence-corrected chi connectivity index (χ3v) is 6.12. The average molecular weight is 421 g/mol. The molecule has 1 unspecified atom stereocenters. The quantitative estimate of drug-likeness (QED) is 0.617. The van der Waals surface area contributed by atoms with Gasteiger partial charge in [-0.1, -0.05) is 12.1 Å². The number of phenols is 1. The lowest BCUT2D eigenvalue weighted by molar-refractivity contribution is 0.0601. The van der Waals surface area contributed by atoms with Gasteiger partial charge in [0, 0.05) is 11.3 Å². The molecule has 1 aliphatic heterocycles. The molecule has 0 fully saturated rings. The van der Waals surface area contributed by atoms with Gasteiger partial charge < -0.3 is 23.9 Å². The normalized spacial score (nSPS) is 14.6. The highest BCUT2D eigenvalue weighted by Crippen LogP contribution is 2.46. The fourth-order valence-electron chi connectivity index (χ4n) is 4.65. The van der Waals surface area contributed by atoms with Crippen molar-refractivity contribution < 1.29 is 24.1 Å². The van der Waals surface area contributed by atoms with E-state index in [-0.39, 0.29) is 12.0 Å². The van der Waals surface area contributed by atoms with Gasteiger partial charge in [0.1, 0.15) is 5.75 Å². The van der Waals surface area contributed by atoms with Gasteiger partial charge in [0.05, 0.1) is 38.6 Å². The molecule has 6 nitrogen and oxygen atoms in total. The monoisotopic (exact) mass is 421 g/mol. The van der Waals surface area contributed by atoms with Crippen LogP contribution in [0.3, 0.4) is 0 Å². The van der Waals surface area contributed by atoms with E-state index >= 15 is 0 Å². The van der Waals surface area contributed by atoms with Crippen molar-refractivity contribution in [2.75, 3.05) is 21.3 Å². The minimum Gasteiger partial charge on any atom is -0.507 e. The molecule has 0 saturated carbocycles. The zero-order valence-corrected chi connectivity index (χ0v) is 18.7. The van der Waals surface area contributed by atoms with E-state index in [1.165, 1.54) is 7.11 Å². The van der Waals surface area contributed by atoms with E-state index in [1.807, 2.05) is 51.1 Å². The van der Waals surface area contributed by atoms with E-state index in [9.17, 15) is 9.90 Å². The average Bonchev–Trinajstić information content (AvgIpc) is 3.12. The molecule has 1 aromatic heterocycles. The number of aromatic nitrogens is 1. The standard InChI is InChI=1S/C25H27NO5/c1-13-7-17(8-14(2)24(13)27)20-10-16-11-21(29-4)22(30-5)12-18(16)23-19(25(28)31-6)9-15(3)26(20)23/h7-9,11-12,20,27H,10H2,1-6H3. The summed E-state index contributed by atoms with van der Waals surface area (Å²) in [5, 5.41) is 10.3. The van der Waals surface area contributed by atoms with Crippen LogP contribution in [0.2, 0.25) is 0 Å². The Balaban J connectivity index is 2.02. The number of hydrogen-bond donors (Lipinski definition) is 1. The Morgan fingerprint density at radius 3 is 2.16 bits per heavy atom. The maximum Gasteiger partial charge on any atom is 0.340 e. The highest BCUT2D eigenvalue weighted by Gasteiger charge is 2.33. The Hall–Kier alpha value is -3.41. The molecule has 2 heterocycles. The lowest BCUT2D eigenvalue weighted by Gasteiger charge is -2.32. The van der Waals surface area contributed by atoms with Crippen LogP contribution in [0, 0.1) is 20.8 Å². The fourth-order valence-corrected chi connectivity index (χ4v) is 4.65. The number of hydrogen-bond acceptors (Lipinski definition) is 5. The van der Waals surface area contributed by atoms with Crippen molar-refractivity contribution in [3.63, 3.8) is 0 Å². The van der Waals surface area contributed by atoms with Crippen LogP contribution in [0.4, 0.5) is 0 Å². The maximum absolute atomic E-state index is 12.7. The highest BCUT2D eigenvalue weighted by atomic mass is 16.5. The second kappa shape index (κ2) is 7.69. The van der Waals surface area contributed by atoms with Crippen molar-refractivity contribution in [2.45, 2.75) is 33.2 Å². The van der Waals surface area contributed by atoms with Crippen molar-refractivity contribution in [3.8, 4) is 28.5 Å². The van der Waals surface area contributed by atoms with Gasteiger partial charge in [-0.25, -0.2) is 4.79 Å². The molecule has 0 spiro atoms. The lowest BCUT2D eigenvalue weighted by Crippen LogP contribution is -2.22. The van der Waals surface area contributed by atoms with Crippen molar-refractivity contribution in [1.82, 2.24) is 4.57 Å². The topological polar surface area (TPSA) is 69.9 Å². The second-order valence-electron chi connectivity index (χ2n) is 8.00. The predicted molar refractivity (Wildman–Crippen MR) is 118 cm³/mol. The van der Waals surface area contributed by atoms with Gasteiger partial charge in [-0.15, -0.1) is 0 Å². The third-order valence-electron chi connectivity index (χ3n) is 6.12. The highest BCUT2D eigenvalue weighted by molar-refractivity contribution is 5.98. The Labute approximate surface area is 182 Å². The number of fused-ring (bicyclic) bond motifs is 3. The fraction of sp³-hybridized carbons (Fsp3) is 0.320. The number of carbonyl (C=O) groups excluding carboxylic acids is 1. The summed E-state index contributed by atoms with van der Waals surface area (Å²) in [5.41, 5.74) is 7.00. The van der Waals surface area contributed by atoms with Crippen molar-refractivity contribution >= 4 is 5.97 Å². The van der Waals surface area contributed by atoms with Gasteiger partial charge in [0.2, 0.25) is 0 Å². The number of methoxy groups -OCH3 is 3. The summed E-state index contributed by atoms with van der Waals surface area (Å²) in [6.45, 7) is 5.80. The molecule has 0 aliphatic carbocycles. The van der Waals surface area contributed by atoms with E-state index in [0.717, 1.165) is 39.2 Å². The first kappa shape index (κ1) is 20.8. The molecule has 1 aliphatic rings. The Kier molecular flexibility index (Phi) is 5.17. The van der Waals surface area contributed by atoms with Gasteiger partial charge >= 0.3 is 5.97 Å². The van der Waals surface area contributed by atoms with Gasteiger partial charge in [0.15, 0.2) is 11.5 Å². The Morgan fingerprint density at radius 1 is 0.968 bits per heavy atom. The summed E-state index contributed by atoms with van der Waals surface area (Å²) >= 11 is 0. The van der Waals surface area contributed by atoms with Crippen LogP contribution in [0.1, 0.15) is 44.3 Å². The van der Waals surface area contributed by atoms with Gasteiger partial charge in [-0.2, -0.15) is 0 Å². The summed E-state index contributed by atoms with van der Waals surface area (Å²) < 4.78 is 18.3. The Bertz CT molecular complexity index is 1170. The summed E-state index contributed by atoms with van der Waals surface area (Å²) in [6.07, 6.45) is 0.711. The maximum atomic E-state index is 12.7. The van der Waals surface area contributed by atoms with E-state index < -0.39 is 0 Å².